The first-order valence-corrected chi connectivity index (χ1v) is 10.3. The average molecular weight is 392 g/mol. The third kappa shape index (κ3) is 4.63. The van der Waals surface area contributed by atoms with E-state index in [-0.39, 0.29) is 31.0 Å². The van der Waals surface area contributed by atoms with E-state index in [0.29, 0.717) is 10.6 Å². The highest BCUT2D eigenvalue weighted by molar-refractivity contribution is 7.99. The quantitative estimate of drug-likeness (QED) is 0.708. The fraction of sp³-hybridized carbons (Fsp3) is 0.389. The number of aliphatic hydroxyl groups is 1. The zero-order chi connectivity index (χ0) is 18.4. The Balaban J connectivity index is 1.61. The van der Waals surface area contributed by atoms with Gasteiger partial charge in [-0.1, -0.05) is 17.8 Å². The van der Waals surface area contributed by atoms with Crippen molar-refractivity contribution < 1.29 is 14.7 Å². The van der Waals surface area contributed by atoms with E-state index in [1.165, 1.54) is 23.1 Å². The largest absolute Gasteiger partial charge is 0.395 e. The van der Waals surface area contributed by atoms with Crippen molar-refractivity contribution in [1.82, 2.24) is 15.2 Å². The van der Waals surface area contributed by atoms with Crippen LogP contribution in [0, 0.1) is 0 Å². The van der Waals surface area contributed by atoms with E-state index in [0.717, 1.165) is 29.3 Å². The second-order valence-electron chi connectivity index (χ2n) is 5.88. The number of hydrogen-bond donors (Lipinski definition) is 2. The van der Waals surface area contributed by atoms with Crippen molar-refractivity contribution in [2.24, 2.45) is 0 Å². The summed E-state index contributed by atoms with van der Waals surface area (Å²) in [6.07, 6.45) is 3.60. The summed E-state index contributed by atoms with van der Waals surface area (Å²) >= 11 is 2.86. The number of carbonyl (C=O) groups excluding carboxylic acids is 2. The summed E-state index contributed by atoms with van der Waals surface area (Å²) in [6.45, 7) is 0.907. The summed E-state index contributed by atoms with van der Waals surface area (Å²) < 4.78 is 0. The molecule has 1 saturated heterocycles. The molecule has 0 saturated carbocycles. The van der Waals surface area contributed by atoms with Crippen LogP contribution in [0.1, 0.15) is 33.4 Å². The lowest BCUT2D eigenvalue weighted by atomic mass is 10.2. The van der Waals surface area contributed by atoms with Crippen LogP contribution in [-0.4, -0.2) is 52.3 Å². The molecule has 2 N–H and O–H groups in total. The van der Waals surface area contributed by atoms with Gasteiger partial charge in [0, 0.05) is 24.2 Å². The number of hydrogen-bond acceptors (Lipinski definition) is 6. The predicted molar refractivity (Wildman–Crippen MR) is 102 cm³/mol. The number of nitrogens with zero attached hydrogens (tertiary/aromatic N) is 2. The molecule has 1 atom stereocenters. The molecular formula is C18H21N3O3S2. The van der Waals surface area contributed by atoms with E-state index in [1.54, 1.807) is 12.3 Å². The van der Waals surface area contributed by atoms with E-state index >= 15 is 0 Å². The summed E-state index contributed by atoms with van der Waals surface area (Å²) in [6, 6.07) is 9.42. The van der Waals surface area contributed by atoms with Gasteiger partial charge in [0.15, 0.2) is 0 Å². The van der Waals surface area contributed by atoms with Crippen LogP contribution in [0.4, 0.5) is 0 Å². The standard InChI is InChI=1S/C18H21N3O3S2/c22-11-9-20-18(24)15-7-6-14(26-15)13-4-3-10-21(13)17(23)12-25-16-5-1-2-8-19-16/h1-2,5-8,13,22H,3-4,9-12H2,(H,20,24)/t13-/m1/s1. The van der Waals surface area contributed by atoms with E-state index < -0.39 is 0 Å². The second kappa shape index (κ2) is 9.16. The fourth-order valence-electron chi connectivity index (χ4n) is 2.92. The minimum atomic E-state index is -0.183. The van der Waals surface area contributed by atoms with Gasteiger partial charge in [0.05, 0.1) is 28.3 Å². The summed E-state index contributed by atoms with van der Waals surface area (Å²) in [5.41, 5.74) is 0. The van der Waals surface area contributed by atoms with Crippen molar-refractivity contribution in [2.45, 2.75) is 23.9 Å². The molecule has 0 spiro atoms. The van der Waals surface area contributed by atoms with Crippen LogP contribution in [0.2, 0.25) is 0 Å². The molecule has 1 aliphatic rings. The number of aromatic nitrogens is 1. The lowest BCUT2D eigenvalue weighted by Gasteiger charge is -2.23. The number of carbonyl (C=O) groups is 2. The maximum Gasteiger partial charge on any atom is 0.261 e. The molecule has 2 amide bonds. The number of likely N-dealkylation sites (tertiary alicyclic amines) is 1. The van der Waals surface area contributed by atoms with Crippen LogP contribution in [-0.2, 0) is 4.79 Å². The van der Waals surface area contributed by atoms with Crippen molar-refractivity contribution in [1.29, 1.82) is 0 Å². The van der Waals surface area contributed by atoms with E-state index in [1.807, 2.05) is 29.2 Å². The molecule has 1 fully saturated rings. The summed E-state index contributed by atoms with van der Waals surface area (Å²) in [7, 11) is 0. The lowest BCUT2D eigenvalue weighted by molar-refractivity contribution is -0.129. The Morgan fingerprint density at radius 1 is 1.35 bits per heavy atom. The molecular weight excluding hydrogens is 370 g/mol. The molecule has 2 aromatic rings. The number of nitrogens with one attached hydrogen (secondary N) is 1. The van der Waals surface area contributed by atoms with Crippen molar-refractivity contribution in [3.63, 3.8) is 0 Å². The molecule has 8 heteroatoms. The number of amides is 2. The topological polar surface area (TPSA) is 82.5 Å². The summed E-state index contributed by atoms with van der Waals surface area (Å²) in [5.74, 6) is 0.280. The van der Waals surface area contributed by atoms with Crippen LogP contribution in [0.5, 0.6) is 0 Å². The Labute approximate surface area is 160 Å². The number of pyridine rings is 1. The highest BCUT2D eigenvalue weighted by atomic mass is 32.2. The predicted octanol–water partition coefficient (Wildman–Crippen LogP) is 2.32. The zero-order valence-electron chi connectivity index (χ0n) is 14.3. The monoisotopic (exact) mass is 391 g/mol. The van der Waals surface area contributed by atoms with Crippen molar-refractivity contribution in [2.75, 3.05) is 25.4 Å². The Bertz CT molecular complexity index is 751. The van der Waals surface area contributed by atoms with Gasteiger partial charge >= 0.3 is 0 Å². The smallest absolute Gasteiger partial charge is 0.261 e. The Hall–Kier alpha value is -1.90. The molecule has 0 bridgehead atoms. The van der Waals surface area contributed by atoms with Crippen LogP contribution in [0.15, 0.2) is 41.6 Å². The lowest BCUT2D eigenvalue weighted by Crippen LogP contribution is -2.31. The van der Waals surface area contributed by atoms with Gasteiger partial charge in [0.25, 0.3) is 5.91 Å². The first kappa shape index (κ1) is 18.9. The molecule has 6 nitrogen and oxygen atoms in total. The molecule has 138 valence electrons. The van der Waals surface area contributed by atoms with E-state index in [4.69, 9.17) is 5.11 Å². The normalized spacial score (nSPS) is 16.7. The van der Waals surface area contributed by atoms with Crippen molar-refractivity contribution in [3.8, 4) is 0 Å². The maximum atomic E-state index is 12.7. The zero-order valence-corrected chi connectivity index (χ0v) is 15.9. The number of thioether (sulfide) groups is 1. The maximum absolute atomic E-state index is 12.7. The third-order valence-corrected chi connectivity index (χ3v) is 6.24. The van der Waals surface area contributed by atoms with Gasteiger partial charge < -0.3 is 15.3 Å². The van der Waals surface area contributed by atoms with Gasteiger partial charge in [-0.25, -0.2) is 4.98 Å². The molecule has 3 rings (SSSR count). The third-order valence-electron chi connectivity index (χ3n) is 4.13. The van der Waals surface area contributed by atoms with Crippen molar-refractivity contribution >= 4 is 34.9 Å². The summed E-state index contributed by atoms with van der Waals surface area (Å²) in [4.78, 5) is 32.5. The first-order chi connectivity index (χ1) is 12.7. The molecule has 2 aromatic heterocycles. The molecule has 0 aromatic carbocycles. The average Bonchev–Trinajstić information content (AvgIpc) is 3.34. The molecule has 0 radical (unpaired) electrons. The first-order valence-electron chi connectivity index (χ1n) is 8.51. The van der Waals surface area contributed by atoms with Gasteiger partial charge in [-0.15, -0.1) is 11.3 Å². The van der Waals surface area contributed by atoms with Gasteiger partial charge in [0.2, 0.25) is 5.91 Å². The van der Waals surface area contributed by atoms with Crippen molar-refractivity contribution in [3.05, 3.63) is 46.3 Å². The number of thiophene rings is 1. The summed E-state index contributed by atoms with van der Waals surface area (Å²) in [5, 5.41) is 12.3. The van der Waals surface area contributed by atoms with Crippen LogP contribution < -0.4 is 5.32 Å². The fourth-order valence-corrected chi connectivity index (χ4v) is 4.74. The van der Waals surface area contributed by atoms with Gasteiger partial charge in [0.1, 0.15) is 0 Å². The minimum absolute atomic E-state index is 0.0382. The molecule has 0 aliphatic carbocycles. The highest BCUT2D eigenvalue weighted by Crippen LogP contribution is 2.36. The highest BCUT2D eigenvalue weighted by Gasteiger charge is 2.31. The SMILES string of the molecule is O=C(NCCO)c1ccc([C@H]2CCCN2C(=O)CSc2ccccn2)s1. The van der Waals surface area contributed by atoms with Crippen LogP contribution in [0.25, 0.3) is 0 Å². The number of aliphatic hydroxyl groups excluding tert-OH is 1. The molecule has 26 heavy (non-hydrogen) atoms. The number of rotatable bonds is 7. The van der Waals surface area contributed by atoms with Gasteiger partial charge in [-0.05, 0) is 37.1 Å². The molecule has 0 unspecified atom stereocenters. The minimum Gasteiger partial charge on any atom is -0.395 e. The van der Waals surface area contributed by atoms with E-state index in [2.05, 4.69) is 10.3 Å². The Kier molecular flexibility index (Phi) is 6.65. The molecule has 1 aliphatic heterocycles. The van der Waals surface area contributed by atoms with Crippen LogP contribution >= 0.6 is 23.1 Å². The van der Waals surface area contributed by atoms with E-state index in [9.17, 15) is 9.59 Å². The molecule has 3 heterocycles. The Morgan fingerprint density at radius 3 is 3.00 bits per heavy atom. The second-order valence-corrected chi connectivity index (χ2v) is 7.99. The Morgan fingerprint density at radius 2 is 2.23 bits per heavy atom. The van der Waals surface area contributed by atoms with Gasteiger partial charge in [-0.3, -0.25) is 9.59 Å². The van der Waals surface area contributed by atoms with Gasteiger partial charge in [-0.2, -0.15) is 0 Å². The van der Waals surface area contributed by atoms with Crippen LogP contribution in [0.3, 0.4) is 0 Å².